The maximum atomic E-state index is 13.1. The van der Waals surface area contributed by atoms with Crippen LogP contribution in [0.15, 0.2) is 92.7 Å². The lowest BCUT2D eigenvalue weighted by Gasteiger charge is -2.26. The number of halogens is 1. The van der Waals surface area contributed by atoms with Crippen LogP contribution in [0, 0.1) is 0 Å². The lowest BCUT2D eigenvalue weighted by Crippen LogP contribution is -2.50. The zero-order chi connectivity index (χ0) is 27.5. The fourth-order valence-corrected chi connectivity index (χ4v) is 4.59. The van der Waals surface area contributed by atoms with Crippen LogP contribution >= 0.6 is 15.9 Å². The molecule has 1 atom stereocenters. The number of aromatic nitrogens is 1. The second-order valence-corrected chi connectivity index (χ2v) is 9.73. The number of methoxy groups -OCH3 is 1. The maximum Gasteiger partial charge on any atom is 0.325 e. The van der Waals surface area contributed by atoms with Crippen molar-refractivity contribution in [3.05, 3.63) is 105 Å². The molecule has 0 aliphatic heterocycles. The van der Waals surface area contributed by atoms with Crippen LogP contribution in [0.5, 0.6) is 11.5 Å². The minimum absolute atomic E-state index is 0.188. The highest BCUT2D eigenvalue weighted by Gasteiger charge is 2.28. The Morgan fingerprint density at radius 3 is 2.62 bits per heavy atom. The topological polar surface area (TPSA) is 114 Å². The quantitative estimate of drug-likeness (QED) is 0.189. The Morgan fingerprint density at radius 2 is 1.85 bits per heavy atom. The summed E-state index contributed by atoms with van der Waals surface area (Å²) in [7, 11) is 2.84. The molecule has 0 saturated heterocycles. The molecule has 0 spiro atoms. The minimum Gasteiger partial charge on any atom is -0.468 e. The number of hydrogen-bond donors (Lipinski definition) is 2. The summed E-state index contributed by atoms with van der Waals surface area (Å²) < 4.78 is 17.6. The molecule has 39 heavy (non-hydrogen) atoms. The molecule has 1 amide bonds. The van der Waals surface area contributed by atoms with Crippen LogP contribution in [0.3, 0.4) is 0 Å². The first-order chi connectivity index (χ1) is 18.8. The monoisotopic (exact) mass is 589 g/mol. The molecule has 0 aliphatic carbocycles. The number of carbonyl (C=O) groups is 2. The molecule has 0 saturated carbocycles. The van der Waals surface area contributed by atoms with Crippen molar-refractivity contribution in [2.75, 3.05) is 14.2 Å². The second kappa shape index (κ2) is 11.1. The van der Waals surface area contributed by atoms with Gasteiger partial charge in [0.05, 0.1) is 7.11 Å². The lowest BCUT2D eigenvalue weighted by atomic mass is 10.0. The summed E-state index contributed by atoms with van der Waals surface area (Å²) in [6, 6.07) is 20.1. The number of hydrazine groups is 1. The Hall–Kier alpha value is -4.41. The van der Waals surface area contributed by atoms with Crippen molar-refractivity contribution < 1.29 is 23.5 Å². The molecule has 0 radical (unpaired) electrons. The molecule has 2 heterocycles. The van der Waals surface area contributed by atoms with E-state index in [9.17, 15) is 14.4 Å². The van der Waals surface area contributed by atoms with E-state index in [1.807, 2.05) is 42.6 Å². The van der Waals surface area contributed by atoms with Gasteiger partial charge >= 0.3 is 11.9 Å². The Balaban J connectivity index is 1.38. The maximum absolute atomic E-state index is 13.1. The van der Waals surface area contributed by atoms with Crippen LogP contribution in [0.2, 0.25) is 0 Å². The van der Waals surface area contributed by atoms with Crippen molar-refractivity contribution >= 4 is 49.7 Å². The first-order valence-corrected chi connectivity index (χ1v) is 12.8. The van der Waals surface area contributed by atoms with Crippen LogP contribution in [0.1, 0.15) is 16.1 Å². The fourth-order valence-electron chi connectivity index (χ4n) is 4.32. The summed E-state index contributed by atoms with van der Waals surface area (Å²) >= 11 is 3.38. The van der Waals surface area contributed by atoms with Crippen molar-refractivity contribution in [1.29, 1.82) is 0 Å². The summed E-state index contributed by atoms with van der Waals surface area (Å²) in [5.74, 6) is -0.591. The zero-order valence-electron chi connectivity index (χ0n) is 21.1. The van der Waals surface area contributed by atoms with Gasteiger partial charge in [0.1, 0.15) is 28.5 Å². The number of nitrogens with one attached hydrogen (secondary N) is 2. The van der Waals surface area contributed by atoms with Gasteiger partial charge in [0.15, 0.2) is 11.2 Å². The number of benzene rings is 3. The number of para-hydroxylation sites is 1. The molecule has 0 unspecified atom stereocenters. The van der Waals surface area contributed by atoms with E-state index in [0.717, 1.165) is 27.0 Å². The van der Waals surface area contributed by atoms with Gasteiger partial charge in [0.2, 0.25) is 0 Å². The Kier molecular flexibility index (Phi) is 7.49. The standard InChI is InChI=1S/C29H24BrN3O6/c1-33(22(29(36)37-2)14-17-16-31-21-7-4-3-6-20(17)21)32-28(35)26-15-23(34)27-24(8-5-9-25(27)39-26)38-19-12-10-18(30)11-13-19/h3-13,15-16,22,31H,14H2,1-2H3,(H,32,35)/t22-/m1/s1. The largest absolute Gasteiger partial charge is 0.468 e. The number of hydrogen-bond acceptors (Lipinski definition) is 7. The number of amides is 1. The summed E-state index contributed by atoms with van der Waals surface area (Å²) in [5.41, 5.74) is 4.20. The van der Waals surface area contributed by atoms with Crippen molar-refractivity contribution in [3.63, 3.8) is 0 Å². The third kappa shape index (κ3) is 5.57. The molecule has 5 rings (SSSR count). The van der Waals surface area contributed by atoms with E-state index in [1.165, 1.54) is 12.1 Å². The van der Waals surface area contributed by atoms with E-state index in [0.29, 0.717) is 11.5 Å². The molecule has 3 aromatic carbocycles. The van der Waals surface area contributed by atoms with Crippen molar-refractivity contribution in [1.82, 2.24) is 15.4 Å². The van der Waals surface area contributed by atoms with Gasteiger partial charge in [-0.25, -0.2) is 5.01 Å². The Labute approximate surface area is 231 Å². The molecular formula is C29H24BrN3O6. The second-order valence-electron chi connectivity index (χ2n) is 8.81. The van der Waals surface area contributed by atoms with E-state index in [4.69, 9.17) is 13.9 Å². The lowest BCUT2D eigenvalue weighted by molar-refractivity contribution is -0.147. The predicted octanol–water partition coefficient (Wildman–Crippen LogP) is 5.19. The number of H-pyrrole nitrogens is 1. The summed E-state index contributed by atoms with van der Waals surface area (Å²) in [4.78, 5) is 42.0. The molecule has 2 aromatic heterocycles. The highest BCUT2D eigenvalue weighted by Crippen LogP contribution is 2.29. The summed E-state index contributed by atoms with van der Waals surface area (Å²) in [5, 5.41) is 2.53. The summed E-state index contributed by atoms with van der Waals surface area (Å²) in [6.45, 7) is 0. The molecule has 10 heteroatoms. The number of ether oxygens (including phenoxy) is 2. The average Bonchev–Trinajstić information content (AvgIpc) is 3.35. The molecule has 0 aliphatic rings. The molecule has 0 bridgehead atoms. The van der Waals surface area contributed by atoms with Gasteiger partial charge in [0.25, 0.3) is 0 Å². The minimum atomic E-state index is -0.837. The number of likely N-dealkylation sites (N-methyl/N-ethyl adjacent to an activating group) is 1. The van der Waals surface area contributed by atoms with Gasteiger partial charge in [-0.05, 0) is 48.0 Å². The number of aromatic amines is 1. The number of fused-ring (bicyclic) bond motifs is 2. The number of carbonyl (C=O) groups excluding carboxylic acids is 2. The van der Waals surface area contributed by atoms with Gasteiger partial charge in [-0.15, -0.1) is 0 Å². The zero-order valence-corrected chi connectivity index (χ0v) is 22.7. The van der Waals surface area contributed by atoms with Crippen molar-refractivity contribution in [3.8, 4) is 11.5 Å². The third-order valence-corrected chi connectivity index (χ3v) is 6.82. The van der Waals surface area contributed by atoms with Crippen LogP contribution in [0.4, 0.5) is 0 Å². The highest BCUT2D eigenvalue weighted by atomic mass is 79.9. The molecule has 0 fully saturated rings. The first-order valence-electron chi connectivity index (χ1n) is 12.0. The van der Waals surface area contributed by atoms with Gasteiger partial charge < -0.3 is 18.9 Å². The van der Waals surface area contributed by atoms with E-state index >= 15 is 0 Å². The Morgan fingerprint density at radius 1 is 1.08 bits per heavy atom. The van der Waals surface area contributed by atoms with Crippen LogP contribution in [-0.4, -0.2) is 42.1 Å². The average molecular weight is 590 g/mol. The number of esters is 1. The highest BCUT2D eigenvalue weighted by molar-refractivity contribution is 9.10. The van der Waals surface area contributed by atoms with E-state index in [1.54, 1.807) is 37.4 Å². The summed E-state index contributed by atoms with van der Waals surface area (Å²) in [6.07, 6.45) is 2.10. The van der Waals surface area contributed by atoms with Crippen LogP contribution in [-0.2, 0) is 16.0 Å². The van der Waals surface area contributed by atoms with Gasteiger partial charge in [-0.3, -0.25) is 19.8 Å². The smallest absolute Gasteiger partial charge is 0.325 e. The van der Waals surface area contributed by atoms with Gasteiger partial charge in [-0.2, -0.15) is 0 Å². The molecule has 9 nitrogen and oxygen atoms in total. The Bertz CT molecular complexity index is 1730. The SMILES string of the molecule is COC(=O)[C@@H](Cc1c[nH]c2ccccc12)N(C)NC(=O)c1cc(=O)c2c(Oc3ccc(Br)cc3)cccc2o1. The fraction of sp³-hybridized carbons (Fsp3) is 0.138. The number of rotatable bonds is 8. The molecule has 2 N–H and O–H groups in total. The van der Waals surface area contributed by atoms with E-state index < -0.39 is 23.3 Å². The molecular weight excluding hydrogens is 566 g/mol. The molecule has 198 valence electrons. The normalized spacial score (nSPS) is 12.0. The van der Waals surface area contributed by atoms with Crippen LogP contribution < -0.4 is 15.6 Å². The van der Waals surface area contributed by atoms with Gasteiger partial charge in [0, 0.05) is 41.1 Å². The molecule has 5 aromatic rings. The first kappa shape index (κ1) is 26.2. The predicted molar refractivity (Wildman–Crippen MR) is 150 cm³/mol. The van der Waals surface area contributed by atoms with Gasteiger partial charge in [-0.1, -0.05) is 40.2 Å². The van der Waals surface area contributed by atoms with Crippen LogP contribution in [0.25, 0.3) is 21.9 Å². The van der Waals surface area contributed by atoms with E-state index in [2.05, 4.69) is 26.3 Å². The third-order valence-electron chi connectivity index (χ3n) is 6.29. The van der Waals surface area contributed by atoms with E-state index in [-0.39, 0.29) is 23.2 Å². The van der Waals surface area contributed by atoms with Crippen molar-refractivity contribution in [2.24, 2.45) is 0 Å². The number of nitrogens with zero attached hydrogens (tertiary/aromatic N) is 1. The van der Waals surface area contributed by atoms with Crippen molar-refractivity contribution in [2.45, 2.75) is 12.5 Å².